The van der Waals surface area contributed by atoms with E-state index in [4.69, 9.17) is 15.6 Å². The van der Waals surface area contributed by atoms with Gasteiger partial charge in [0.15, 0.2) is 5.69 Å². The minimum atomic E-state index is -0.936. The molecule has 7 heteroatoms. The van der Waals surface area contributed by atoms with Crippen LogP contribution in [0.5, 0.6) is 0 Å². The van der Waals surface area contributed by atoms with E-state index in [-0.39, 0.29) is 31.1 Å². The molecule has 0 aliphatic carbocycles. The van der Waals surface area contributed by atoms with Crippen molar-refractivity contribution in [1.29, 1.82) is 0 Å². The average molecular weight is 229 g/mol. The van der Waals surface area contributed by atoms with Crippen molar-refractivity contribution in [2.45, 2.75) is 19.6 Å². The number of carbonyl (C=O) groups is 1. The van der Waals surface area contributed by atoms with Crippen molar-refractivity contribution in [3.63, 3.8) is 0 Å². The van der Waals surface area contributed by atoms with E-state index in [0.29, 0.717) is 0 Å². The minimum Gasteiger partial charge on any atom is -0.461 e. The first-order valence-corrected chi connectivity index (χ1v) is 4.87. The van der Waals surface area contributed by atoms with Gasteiger partial charge < -0.3 is 20.7 Å². The number of aromatic nitrogens is 2. The highest BCUT2D eigenvalue weighted by atomic mass is 16.5. The van der Waals surface area contributed by atoms with Crippen molar-refractivity contribution < 1.29 is 19.7 Å². The number of esters is 1. The first-order valence-electron chi connectivity index (χ1n) is 4.87. The number of rotatable bonds is 5. The maximum atomic E-state index is 11.3. The number of nitrogen functional groups attached to an aromatic ring is 1. The predicted molar refractivity (Wildman–Crippen MR) is 55.7 cm³/mol. The first kappa shape index (κ1) is 12.5. The standard InChI is InChI=1S/C9H15N3O4/c1-2-16-9(15)8-7(10)4-12(11-8)3-6(14)5-13/h4,6,13-14H,2-3,5,10H2,1H3. The Morgan fingerprint density at radius 3 is 3.00 bits per heavy atom. The summed E-state index contributed by atoms with van der Waals surface area (Å²) in [5.74, 6) is -0.600. The van der Waals surface area contributed by atoms with E-state index in [9.17, 15) is 9.90 Å². The maximum Gasteiger partial charge on any atom is 0.361 e. The van der Waals surface area contributed by atoms with E-state index in [2.05, 4.69) is 5.10 Å². The number of ether oxygens (including phenoxy) is 1. The molecule has 0 saturated heterocycles. The van der Waals surface area contributed by atoms with E-state index in [1.54, 1.807) is 6.92 Å². The fourth-order valence-electron chi connectivity index (χ4n) is 1.16. The molecule has 0 aromatic carbocycles. The van der Waals surface area contributed by atoms with Crippen LogP contribution in [0.15, 0.2) is 6.20 Å². The highest BCUT2D eigenvalue weighted by molar-refractivity contribution is 5.92. The molecular weight excluding hydrogens is 214 g/mol. The third-order valence-electron chi connectivity index (χ3n) is 1.87. The Labute approximate surface area is 92.4 Å². The van der Waals surface area contributed by atoms with Crippen LogP contribution >= 0.6 is 0 Å². The summed E-state index contributed by atoms with van der Waals surface area (Å²) >= 11 is 0. The van der Waals surface area contributed by atoms with E-state index < -0.39 is 12.1 Å². The van der Waals surface area contributed by atoms with Gasteiger partial charge in [0, 0.05) is 6.20 Å². The Morgan fingerprint density at radius 2 is 2.44 bits per heavy atom. The molecule has 0 aliphatic rings. The number of nitrogens with zero attached hydrogens (tertiary/aromatic N) is 2. The quantitative estimate of drug-likeness (QED) is 0.558. The van der Waals surface area contributed by atoms with Crippen LogP contribution in [0.2, 0.25) is 0 Å². The van der Waals surface area contributed by atoms with Crippen molar-refractivity contribution in [3.8, 4) is 0 Å². The van der Waals surface area contributed by atoms with E-state index in [1.165, 1.54) is 10.9 Å². The van der Waals surface area contributed by atoms with Gasteiger partial charge in [-0.05, 0) is 6.92 Å². The zero-order valence-corrected chi connectivity index (χ0v) is 8.96. The third-order valence-corrected chi connectivity index (χ3v) is 1.87. The fraction of sp³-hybridized carbons (Fsp3) is 0.556. The number of carbonyl (C=O) groups excluding carboxylic acids is 1. The molecule has 0 bridgehead atoms. The van der Waals surface area contributed by atoms with Crippen LogP contribution in [-0.2, 0) is 11.3 Å². The summed E-state index contributed by atoms with van der Waals surface area (Å²) in [5.41, 5.74) is 5.77. The second-order valence-electron chi connectivity index (χ2n) is 3.21. The molecule has 4 N–H and O–H groups in total. The second kappa shape index (κ2) is 5.47. The Morgan fingerprint density at radius 1 is 1.75 bits per heavy atom. The zero-order chi connectivity index (χ0) is 12.1. The number of hydrogen-bond donors (Lipinski definition) is 3. The summed E-state index contributed by atoms with van der Waals surface area (Å²) in [6, 6.07) is 0. The minimum absolute atomic E-state index is 0.0204. The van der Waals surface area contributed by atoms with Gasteiger partial charge in [0.1, 0.15) is 0 Å². The topological polar surface area (TPSA) is 111 Å². The molecule has 0 saturated carbocycles. The fourth-order valence-corrected chi connectivity index (χ4v) is 1.16. The lowest BCUT2D eigenvalue weighted by molar-refractivity contribution is 0.0516. The lowest BCUT2D eigenvalue weighted by Gasteiger charge is -2.05. The predicted octanol–water partition coefficient (Wildman–Crippen LogP) is -1.00. The van der Waals surface area contributed by atoms with Gasteiger partial charge in [-0.2, -0.15) is 5.10 Å². The van der Waals surface area contributed by atoms with Crippen molar-refractivity contribution in [1.82, 2.24) is 9.78 Å². The number of anilines is 1. The smallest absolute Gasteiger partial charge is 0.361 e. The van der Waals surface area contributed by atoms with Gasteiger partial charge >= 0.3 is 5.97 Å². The van der Waals surface area contributed by atoms with Gasteiger partial charge in [0.25, 0.3) is 0 Å². The summed E-state index contributed by atoms with van der Waals surface area (Å²) in [5, 5.41) is 21.7. The maximum absolute atomic E-state index is 11.3. The van der Waals surface area contributed by atoms with Crippen LogP contribution in [0, 0.1) is 0 Å². The molecule has 1 aromatic rings. The van der Waals surface area contributed by atoms with Crippen LogP contribution < -0.4 is 5.73 Å². The van der Waals surface area contributed by atoms with Gasteiger partial charge in [0.2, 0.25) is 0 Å². The number of aliphatic hydroxyl groups excluding tert-OH is 2. The molecule has 0 aliphatic heterocycles. The highest BCUT2D eigenvalue weighted by Crippen LogP contribution is 2.10. The second-order valence-corrected chi connectivity index (χ2v) is 3.21. The molecule has 1 aromatic heterocycles. The number of nitrogens with two attached hydrogens (primary N) is 1. The van der Waals surface area contributed by atoms with E-state index in [0.717, 1.165) is 0 Å². The van der Waals surface area contributed by atoms with Crippen LogP contribution in [-0.4, -0.2) is 45.3 Å². The Bertz CT molecular complexity index is 364. The van der Waals surface area contributed by atoms with E-state index in [1.807, 2.05) is 0 Å². The molecule has 16 heavy (non-hydrogen) atoms. The first-order chi connectivity index (χ1) is 7.58. The van der Waals surface area contributed by atoms with Crippen LogP contribution in [0.3, 0.4) is 0 Å². The summed E-state index contributed by atoms with van der Waals surface area (Å²) in [6.07, 6.45) is 0.472. The van der Waals surface area contributed by atoms with Gasteiger partial charge in [-0.3, -0.25) is 4.68 Å². The summed E-state index contributed by atoms with van der Waals surface area (Å²) in [6.45, 7) is 1.61. The lowest BCUT2D eigenvalue weighted by Crippen LogP contribution is -2.20. The van der Waals surface area contributed by atoms with Crippen molar-refractivity contribution in [2.75, 3.05) is 18.9 Å². The van der Waals surface area contributed by atoms with E-state index >= 15 is 0 Å². The monoisotopic (exact) mass is 229 g/mol. The Kier molecular flexibility index (Phi) is 4.27. The summed E-state index contributed by atoms with van der Waals surface area (Å²) in [4.78, 5) is 11.3. The van der Waals surface area contributed by atoms with Gasteiger partial charge in [-0.25, -0.2) is 4.79 Å². The zero-order valence-electron chi connectivity index (χ0n) is 8.96. The van der Waals surface area contributed by atoms with Crippen molar-refractivity contribution in [3.05, 3.63) is 11.9 Å². The molecule has 7 nitrogen and oxygen atoms in total. The molecule has 1 heterocycles. The number of hydrogen-bond acceptors (Lipinski definition) is 6. The highest BCUT2D eigenvalue weighted by Gasteiger charge is 2.16. The molecule has 0 spiro atoms. The summed E-state index contributed by atoms with van der Waals surface area (Å²) in [7, 11) is 0. The normalized spacial score (nSPS) is 12.4. The van der Waals surface area contributed by atoms with Gasteiger partial charge in [-0.15, -0.1) is 0 Å². The number of aliphatic hydroxyl groups is 2. The largest absolute Gasteiger partial charge is 0.461 e. The van der Waals surface area contributed by atoms with Gasteiger partial charge in [0.05, 0.1) is 31.5 Å². The Hall–Kier alpha value is -1.60. The molecule has 1 atom stereocenters. The Balaban J connectivity index is 2.77. The molecular formula is C9H15N3O4. The molecule has 1 rings (SSSR count). The van der Waals surface area contributed by atoms with Gasteiger partial charge in [-0.1, -0.05) is 0 Å². The molecule has 90 valence electrons. The lowest BCUT2D eigenvalue weighted by atomic mass is 10.4. The molecule has 0 fully saturated rings. The average Bonchev–Trinajstić information content (AvgIpc) is 2.59. The molecule has 0 amide bonds. The van der Waals surface area contributed by atoms with Crippen LogP contribution in [0.4, 0.5) is 5.69 Å². The van der Waals surface area contributed by atoms with Crippen LogP contribution in [0.25, 0.3) is 0 Å². The van der Waals surface area contributed by atoms with Crippen molar-refractivity contribution in [2.24, 2.45) is 0 Å². The summed E-state index contributed by atoms with van der Waals surface area (Å²) < 4.78 is 6.04. The molecule has 1 unspecified atom stereocenters. The molecule has 0 radical (unpaired) electrons. The van der Waals surface area contributed by atoms with Crippen molar-refractivity contribution >= 4 is 11.7 Å². The van der Waals surface area contributed by atoms with Crippen LogP contribution in [0.1, 0.15) is 17.4 Å². The third kappa shape index (κ3) is 2.94. The SMILES string of the molecule is CCOC(=O)c1nn(CC(O)CO)cc1N.